The van der Waals surface area contributed by atoms with E-state index in [0.29, 0.717) is 23.7 Å². The third kappa shape index (κ3) is 4.70. The van der Waals surface area contributed by atoms with E-state index >= 15 is 0 Å². The van der Waals surface area contributed by atoms with Gasteiger partial charge in [0.2, 0.25) is 5.90 Å². The molecule has 1 aliphatic rings. The molecule has 7 heteroatoms. The number of ether oxygens (including phenoxy) is 3. The molecule has 0 saturated carbocycles. The summed E-state index contributed by atoms with van der Waals surface area (Å²) in [4.78, 5) is 16.4. The van der Waals surface area contributed by atoms with E-state index in [4.69, 9.17) is 14.2 Å². The van der Waals surface area contributed by atoms with Crippen LogP contribution in [0.3, 0.4) is 0 Å². The molecule has 0 bridgehead atoms. The molecule has 0 amide bonds. The van der Waals surface area contributed by atoms with E-state index in [1.54, 1.807) is 12.1 Å². The number of cyclic esters (lactones) is 1. The number of carbonyl (C=O) groups is 1. The monoisotopic (exact) mass is 495 g/mol. The molecule has 3 rings (SSSR count). The molecule has 146 valence electrons. The van der Waals surface area contributed by atoms with Crippen molar-refractivity contribution in [3.63, 3.8) is 0 Å². The summed E-state index contributed by atoms with van der Waals surface area (Å²) in [5.41, 5.74) is 1.43. The molecule has 28 heavy (non-hydrogen) atoms. The number of hydrogen-bond donors (Lipinski definition) is 0. The van der Waals surface area contributed by atoms with Gasteiger partial charge in [-0.3, -0.25) is 0 Å². The largest absolute Gasteiger partial charge is 0.490 e. The fourth-order valence-corrected chi connectivity index (χ4v) is 3.32. The zero-order valence-electron chi connectivity index (χ0n) is 15.7. The van der Waals surface area contributed by atoms with Crippen LogP contribution in [-0.4, -0.2) is 24.6 Å². The van der Waals surface area contributed by atoms with Crippen LogP contribution >= 0.6 is 22.6 Å². The van der Waals surface area contributed by atoms with Gasteiger partial charge in [-0.2, -0.15) is 0 Å². The molecule has 0 aliphatic carbocycles. The van der Waals surface area contributed by atoms with Crippen molar-refractivity contribution >= 4 is 40.5 Å². The van der Waals surface area contributed by atoms with E-state index in [9.17, 15) is 9.18 Å². The van der Waals surface area contributed by atoms with E-state index in [1.165, 1.54) is 24.3 Å². The van der Waals surface area contributed by atoms with E-state index < -0.39 is 5.97 Å². The highest BCUT2D eigenvalue weighted by molar-refractivity contribution is 14.1. The molecular weight excluding hydrogens is 476 g/mol. The van der Waals surface area contributed by atoms with Crippen LogP contribution in [0.4, 0.5) is 4.39 Å². The highest BCUT2D eigenvalue weighted by atomic mass is 127. The first-order valence-electron chi connectivity index (χ1n) is 8.79. The third-order valence-corrected chi connectivity index (χ3v) is 4.50. The van der Waals surface area contributed by atoms with Crippen molar-refractivity contribution < 1.29 is 23.4 Å². The van der Waals surface area contributed by atoms with Gasteiger partial charge in [-0.25, -0.2) is 14.2 Å². The molecule has 1 aliphatic heterocycles. The maximum absolute atomic E-state index is 13.1. The molecule has 2 aromatic carbocycles. The Balaban J connectivity index is 1.95. The smallest absolute Gasteiger partial charge is 0.363 e. The number of hydrogen-bond acceptors (Lipinski definition) is 5. The Labute approximate surface area is 176 Å². The zero-order chi connectivity index (χ0) is 20.3. The molecule has 5 nitrogen and oxygen atoms in total. The summed E-state index contributed by atoms with van der Waals surface area (Å²) in [6.07, 6.45) is 1.63. The summed E-state index contributed by atoms with van der Waals surface area (Å²) >= 11 is 2.17. The summed E-state index contributed by atoms with van der Waals surface area (Å²) in [7, 11) is 0. The second kappa shape index (κ2) is 8.72. The lowest BCUT2D eigenvalue weighted by Gasteiger charge is -2.16. The highest BCUT2D eigenvalue weighted by Crippen LogP contribution is 2.36. The number of carbonyl (C=O) groups excluding carboxylic acids is 1. The van der Waals surface area contributed by atoms with E-state index in [1.807, 2.05) is 26.8 Å². The Kier molecular flexibility index (Phi) is 6.33. The van der Waals surface area contributed by atoms with Gasteiger partial charge >= 0.3 is 5.97 Å². The molecular formula is C21H19FINO4. The van der Waals surface area contributed by atoms with Gasteiger partial charge in [-0.15, -0.1) is 0 Å². The normalized spacial score (nSPS) is 15.0. The minimum Gasteiger partial charge on any atom is -0.490 e. The molecule has 0 aromatic heterocycles. The Hall–Kier alpha value is -2.42. The zero-order valence-corrected chi connectivity index (χ0v) is 17.8. The summed E-state index contributed by atoms with van der Waals surface area (Å²) in [6.45, 7) is 6.27. The summed E-state index contributed by atoms with van der Waals surface area (Å²) < 4.78 is 30.7. The van der Waals surface area contributed by atoms with E-state index in [2.05, 4.69) is 27.6 Å². The van der Waals surface area contributed by atoms with E-state index in [0.717, 1.165) is 9.13 Å². The fraction of sp³-hybridized carbons (Fsp3) is 0.238. The Morgan fingerprint density at radius 1 is 1.25 bits per heavy atom. The van der Waals surface area contributed by atoms with Crippen molar-refractivity contribution in [2.75, 3.05) is 6.61 Å². The van der Waals surface area contributed by atoms with Gasteiger partial charge in [0.05, 0.1) is 16.3 Å². The van der Waals surface area contributed by atoms with Gasteiger partial charge in [-0.1, -0.05) is 0 Å². The first-order chi connectivity index (χ1) is 13.4. The lowest BCUT2D eigenvalue weighted by atomic mass is 10.1. The summed E-state index contributed by atoms with van der Waals surface area (Å²) in [5, 5.41) is 0. The van der Waals surface area contributed by atoms with Gasteiger partial charge in [0.15, 0.2) is 17.2 Å². The maximum Gasteiger partial charge on any atom is 0.363 e. The van der Waals surface area contributed by atoms with Crippen molar-refractivity contribution in [3.8, 4) is 11.5 Å². The van der Waals surface area contributed by atoms with Crippen LogP contribution in [-0.2, 0) is 9.53 Å². The van der Waals surface area contributed by atoms with Gasteiger partial charge in [0.1, 0.15) is 5.82 Å². The van der Waals surface area contributed by atoms with Crippen LogP contribution in [0.2, 0.25) is 0 Å². The standard InChI is InChI=1S/C21H19FINO4/c1-4-26-18-11-13(9-16(23)19(18)27-12(2)3)10-17-21(25)28-20(24-17)14-5-7-15(22)8-6-14/h5-12H,4H2,1-3H3/b17-10+. The molecule has 1 heterocycles. The molecule has 0 fully saturated rings. The van der Waals surface area contributed by atoms with E-state index in [-0.39, 0.29) is 23.5 Å². The predicted molar refractivity (Wildman–Crippen MR) is 113 cm³/mol. The predicted octanol–water partition coefficient (Wildman–Crippen LogP) is 4.96. The van der Waals surface area contributed by atoms with Crippen LogP contribution < -0.4 is 9.47 Å². The lowest BCUT2D eigenvalue weighted by molar-refractivity contribution is -0.129. The number of esters is 1. The van der Waals surface area contributed by atoms with Crippen molar-refractivity contribution in [2.45, 2.75) is 26.9 Å². The first-order valence-corrected chi connectivity index (χ1v) is 9.86. The SMILES string of the molecule is CCOc1cc(/C=C2/N=C(c3ccc(F)cc3)OC2=O)cc(I)c1OC(C)C. The second-order valence-corrected chi connectivity index (χ2v) is 7.43. The third-order valence-electron chi connectivity index (χ3n) is 3.70. The first kappa shape index (κ1) is 20.3. The summed E-state index contributed by atoms with van der Waals surface area (Å²) in [5.74, 6) is 0.491. The lowest BCUT2D eigenvalue weighted by Crippen LogP contribution is -2.09. The van der Waals surface area contributed by atoms with Crippen LogP contribution in [0.1, 0.15) is 31.9 Å². The average molecular weight is 495 g/mol. The molecule has 0 spiro atoms. The summed E-state index contributed by atoms with van der Waals surface area (Å²) in [6, 6.07) is 9.29. The van der Waals surface area contributed by atoms with Gasteiger partial charge in [0.25, 0.3) is 0 Å². The van der Waals surface area contributed by atoms with Crippen molar-refractivity contribution in [2.24, 2.45) is 4.99 Å². The maximum atomic E-state index is 13.1. The second-order valence-electron chi connectivity index (χ2n) is 6.27. The molecule has 0 unspecified atom stereocenters. The minimum atomic E-state index is -0.560. The van der Waals surface area contributed by atoms with Crippen molar-refractivity contribution in [3.05, 3.63) is 62.6 Å². The Morgan fingerprint density at radius 2 is 1.96 bits per heavy atom. The van der Waals surface area contributed by atoms with Gasteiger partial charge in [0, 0.05) is 5.56 Å². The number of aliphatic imine (C=N–C) groups is 1. The van der Waals surface area contributed by atoms with Crippen molar-refractivity contribution in [1.82, 2.24) is 0 Å². The van der Waals surface area contributed by atoms with Crippen LogP contribution in [0.5, 0.6) is 11.5 Å². The Bertz CT molecular complexity index is 952. The quantitative estimate of drug-likeness (QED) is 0.323. The Morgan fingerprint density at radius 3 is 2.61 bits per heavy atom. The number of halogens is 2. The molecule has 0 N–H and O–H groups in total. The number of nitrogens with zero attached hydrogens (tertiary/aromatic N) is 1. The number of benzene rings is 2. The van der Waals surface area contributed by atoms with Crippen molar-refractivity contribution in [1.29, 1.82) is 0 Å². The number of rotatable bonds is 6. The topological polar surface area (TPSA) is 57.1 Å². The molecule has 2 aromatic rings. The van der Waals surface area contributed by atoms with Crippen LogP contribution in [0, 0.1) is 9.39 Å². The molecule has 0 atom stereocenters. The van der Waals surface area contributed by atoms with Crippen LogP contribution in [0.15, 0.2) is 47.1 Å². The fourth-order valence-electron chi connectivity index (χ4n) is 2.57. The molecule has 0 radical (unpaired) electrons. The average Bonchev–Trinajstić information content (AvgIpc) is 2.99. The highest BCUT2D eigenvalue weighted by Gasteiger charge is 2.24. The van der Waals surface area contributed by atoms with Gasteiger partial charge < -0.3 is 14.2 Å². The molecule has 0 saturated heterocycles. The van der Waals surface area contributed by atoms with Crippen LogP contribution in [0.25, 0.3) is 6.08 Å². The van der Waals surface area contributed by atoms with Gasteiger partial charge in [-0.05, 0) is 91.4 Å². The minimum absolute atomic E-state index is 0.00426.